The van der Waals surface area contributed by atoms with Gasteiger partial charge >= 0.3 is 0 Å². The fourth-order valence-corrected chi connectivity index (χ4v) is 4.87. The highest BCUT2D eigenvalue weighted by molar-refractivity contribution is 7.89. The molecule has 1 saturated heterocycles. The second-order valence-corrected chi connectivity index (χ2v) is 8.74. The van der Waals surface area contributed by atoms with Crippen molar-refractivity contribution in [2.75, 3.05) is 33.3 Å². The van der Waals surface area contributed by atoms with Crippen LogP contribution in [0.15, 0.2) is 47.4 Å². The summed E-state index contributed by atoms with van der Waals surface area (Å²) in [5.74, 6) is 0.701. The van der Waals surface area contributed by atoms with Crippen molar-refractivity contribution in [1.29, 1.82) is 0 Å². The molecule has 0 spiro atoms. The number of ether oxygens (including phenoxy) is 1. The predicted octanol–water partition coefficient (Wildman–Crippen LogP) is 2.82. The molecule has 0 N–H and O–H groups in total. The highest BCUT2D eigenvalue weighted by Crippen LogP contribution is 2.24. The van der Waals surface area contributed by atoms with E-state index in [1.807, 2.05) is 6.92 Å². The molecule has 1 heterocycles. The zero-order valence-electron chi connectivity index (χ0n) is 15.6. The van der Waals surface area contributed by atoms with Crippen LogP contribution < -0.4 is 4.74 Å². The molecule has 0 aliphatic carbocycles. The van der Waals surface area contributed by atoms with E-state index in [1.165, 1.54) is 11.1 Å². The molecule has 1 aliphatic heterocycles. The van der Waals surface area contributed by atoms with Gasteiger partial charge in [-0.2, -0.15) is 4.31 Å². The van der Waals surface area contributed by atoms with Crippen LogP contribution in [0, 0.1) is 13.8 Å². The van der Waals surface area contributed by atoms with Crippen molar-refractivity contribution in [3.63, 3.8) is 0 Å². The van der Waals surface area contributed by atoms with E-state index in [4.69, 9.17) is 4.74 Å². The molecule has 2 aromatic rings. The first-order valence-corrected chi connectivity index (χ1v) is 10.3. The minimum absolute atomic E-state index is 0.336. The van der Waals surface area contributed by atoms with E-state index in [0.717, 1.165) is 25.2 Å². The minimum Gasteiger partial charge on any atom is -0.496 e. The standard InChI is InChI=1S/C20H26N2O3S/c1-16-5-4-6-18(13-16)15-21-9-11-22(12-10-21)26(23,24)19-7-8-20(25-3)17(2)14-19/h4-8,13-14H,9-12,15H2,1-3H3. The predicted molar refractivity (Wildman–Crippen MR) is 103 cm³/mol. The smallest absolute Gasteiger partial charge is 0.243 e. The first-order valence-electron chi connectivity index (χ1n) is 8.83. The molecule has 2 aromatic carbocycles. The van der Waals surface area contributed by atoms with E-state index in [-0.39, 0.29) is 0 Å². The monoisotopic (exact) mass is 374 g/mol. The van der Waals surface area contributed by atoms with Crippen molar-refractivity contribution in [3.8, 4) is 5.75 Å². The van der Waals surface area contributed by atoms with Crippen LogP contribution in [-0.4, -0.2) is 50.9 Å². The van der Waals surface area contributed by atoms with Gasteiger partial charge in [0.1, 0.15) is 5.75 Å². The van der Waals surface area contributed by atoms with Gasteiger partial charge in [-0.25, -0.2) is 8.42 Å². The summed E-state index contributed by atoms with van der Waals surface area (Å²) in [7, 11) is -1.87. The van der Waals surface area contributed by atoms with Crippen molar-refractivity contribution < 1.29 is 13.2 Å². The quantitative estimate of drug-likeness (QED) is 0.808. The molecule has 0 atom stereocenters. The second kappa shape index (κ2) is 7.78. The Morgan fingerprint density at radius 3 is 2.35 bits per heavy atom. The largest absolute Gasteiger partial charge is 0.496 e. The van der Waals surface area contributed by atoms with Gasteiger partial charge in [-0.3, -0.25) is 4.90 Å². The molecule has 26 heavy (non-hydrogen) atoms. The fourth-order valence-electron chi connectivity index (χ4n) is 3.36. The Hall–Kier alpha value is -1.89. The highest BCUT2D eigenvalue weighted by atomic mass is 32.2. The first kappa shape index (κ1) is 18.9. The summed E-state index contributed by atoms with van der Waals surface area (Å²) in [5, 5.41) is 0. The molecule has 0 aromatic heterocycles. The molecule has 0 radical (unpaired) electrons. The Balaban J connectivity index is 1.66. The molecule has 140 valence electrons. The van der Waals surface area contributed by atoms with Crippen LogP contribution in [0.4, 0.5) is 0 Å². The van der Waals surface area contributed by atoms with Crippen LogP contribution in [0.25, 0.3) is 0 Å². The van der Waals surface area contributed by atoms with Crippen LogP contribution in [-0.2, 0) is 16.6 Å². The fraction of sp³-hybridized carbons (Fsp3) is 0.400. The Morgan fingerprint density at radius 1 is 1.00 bits per heavy atom. The highest BCUT2D eigenvalue weighted by Gasteiger charge is 2.28. The molecule has 1 aliphatic rings. The Morgan fingerprint density at radius 2 is 1.73 bits per heavy atom. The molecule has 1 fully saturated rings. The van der Waals surface area contributed by atoms with Crippen LogP contribution in [0.3, 0.4) is 0 Å². The Bertz CT molecular complexity index is 872. The van der Waals surface area contributed by atoms with E-state index in [2.05, 4.69) is 36.1 Å². The van der Waals surface area contributed by atoms with Gasteiger partial charge in [-0.1, -0.05) is 29.8 Å². The third kappa shape index (κ3) is 4.09. The molecule has 0 amide bonds. The second-order valence-electron chi connectivity index (χ2n) is 6.80. The zero-order valence-corrected chi connectivity index (χ0v) is 16.4. The van der Waals surface area contributed by atoms with Crippen molar-refractivity contribution in [3.05, 3.63) is 59.2 Å². The third-order valence-electron chi connectivity index (χ3n) is 4.82. The van der Waals surface area contributed by atoms with Gasteiger partial charge in [-0.05, 0) is 43.2 Å². The van der Waals surface area contributed by atoms with Crippen LogP contribution >= 0.6 is 0 Å². The van der Waals surface area contributed by atoms with E-state index < -0.39 is 10.0 Å². The lowest BCUT2D eigenvalue weighted by Crippen LogP contribution is -2.48. The van der Waals surface area contributed by atoms with Crippen molar-refractivity contribution >= 4 is 10.0 Å². The maximum absolute atomic E-state index is 12.9. The van der Waals surface area contributed by atoms with Gasteiger partial charge in [0.25, 0.3) is 0 Å². The van der Waals surface area contributed by atoms with Gasteiger partial charge in [0.2, 0.25) is 10.0 Å². The number of rotatable bonds is 5. The number of hydrogen-bond acceptors (Lipinski definition) is 4. The van der Waals surface area contributed by atoms with Crippen LogP contribution in [0.2, 0.25) is 0 Å². The van der Waals surface area contributed by atoms with E-state index >= 15 is 0 Å². The molecular formula is C20H26N2O3S. The summed E-state index contributed by atoms with van der Waals surface area (Å²) in [6.45, 7) is 7.31. The van der Waals surface area contributed by atoms with Crippen LogP contribution in [0.1, 0.15) is 16.7 Å². The van der Waals surface area contributed by atoms with Gasteiger partial charge in [0.05, 0.1) is 12.0 Å². The van der Waals surface area contributed by atoms with Gasteiger partial charge in [0, 0.05) is 32.7 Å². The lowest BCUT2D eigenvalue weighted by molar-refractivity contribution is 0.181. The summed E-state index contributed by atoms with van der Waals surface area (Å²) in [6, 6.07) is 13.5. The summed E-state index contributed by atoms with van der Waals surface area (Å²) >= 11 is 0. The maximum Gasteiger partial charge on any atom is 0.243 e. The van der Waals surface area contributed by atoms with Gasteiger partial charge in [-0.15, -0.1) is 0 Å². The summed E-state index contributed by atoms with van der Waals surface area (Å²) in [6.07, 6.45) is 0. The van der Waals surface area contributed by atoms with E-state index in [1.54, 1.807) is 29.6 Å². The third-order valence-corrected chi connectivity index (χ3v) is 6.72. The average molecular weight is 375 g/mol. The number of sulfonamides is 1. The summed E-state index contributed by atoms with van der Waals surface area (Å²) < 4.78 is 32.6. The van der Waals surface area contributed by atoms with Crippen LogP contribution in [0.5, 0.6) is 5.75 Å². The number of aryl methyl sites for hydroxylation is 2. The molecule has 0 bridgehead atoms. The number of piperazine rings is 1. The summed E-state index contributed by atoms with van der Waals surface area (Å²) in [4.78, 5) is 2.64. The molecule has 3 rings (SSSR count). The Kier molecular flexibility index (Phi) is 5.65. The normalized spacial score (nSPS) is 16.6. The number of methoxy groups -OCH3 is 1. The maximum atomic E-state index is 12.9. The zero-order chi connectivity index (χ0) is 18.7. The molecule has 5 nitrogen and oxygen atoms in total. The van der Waals surface area contributed by atoms with Crippen molar-refractivity contribution in [1.82, 2.24) is 9.21 Å². The molecular weight excluding hydrogens is 348 g/mol. The molecule has 6 heteroatoms. The van der Waals surface area contributed by atoms with Gasteiger partial charge < -0.3 is 4.74 Å². The number of hydrogen-bond donors (Lipinski definition) is 0. The lowest BCUT2D eigenvalue weighted by atomic mass is 10.1. The number of benzene rings is 2. The number of nitrogens with zero attached hydrogens (tertiary/aromatic N) is 2. The molecule has 0 unspecified atom stereocenters. The summed E-state index contributed by atoms with van der Waals surface area (Å²) in [5.41, 5.74) is 3.34. The SMILES string of the molecule is COc1ccc(S(=O)(=O)N2CCN(Cc3cccc(C)c3)CC2)cc1C. The van der Waals surface area contributed by atoms with E-state index in [9.17, 15) is 8.42 Å². The van der Waals surface area contributed by atoms with Gasteiger partial charge in [0.15, 0.2) is 0 Å². The first-order chi connectivity index (χ1) is 12.4. The topological polar surface area (TPSA) is 49.9 Å². The average Bonchev–Trinajstić information content (AvgIpc) is 2.62. The van der Waals surface area contributed by atoms with E-state index in [0.29, 0.717) is 23.7 Å². The minimum atomic E-state index is -3.46. The van der Waals surface area contributed by atoms with Crippen molar-refractivity contribution in [2.24, 2.45) is 0 Å². The Labute approximate surface area is 156 Å². The molecule has 0 saturated carbocycles. The van der Waals surface area contributed by atoms with Crippen molar-refractivity contribution in [2.45, 2.75) is 25.3 Å². The lowest BCUT2D eigenvalue weighted by Gasteiger charge is -2.34.